The summed E-state index contributed by atoms with van der Waals surface area (Å²) < 4.78 is 5.86. The highest BCUT2D eigenvalue weighted by Crippen LogP contribution is 2.46. The molecule has 106 valence electrons. The maximum atomic E-state index is 5.97. The first-order chi connectivity index (χ1) is 8.60. The molecule has 3 heteroatoms. The minimum Gasteiger partial charge on any atom is -0.378 e. The second-order valence-corrected chi connectivity index (χ2v) is 6.37. The Morgan fingerprint density at radius 2 is 1.89 bits per heavy atom. The molecular weight excluding hydrogens is 224 g/mol. The van der Waals surface area contributed by atoms with Gasteiger partial charge in [0.2, 0.25) is 0 Å². The van der Waals surface area contributed by atoms with E-state index in [1.54, 1.807) is 0 Å². The Balaban J connectivity index is 1.83. The van der Waals surface area contributed by atoms with Crippen molar-refractivity contribution in [2.24, 2.45) is 11.1 Å². The minimum absolute atomic E-state index is 0.329. The molecule has 0 heterocycles. The van der Waals surface area contributed by atoms with Gasteiger partial charge in [-0.05, 0) is 45.4 Å². The summed E-state index contributed by atoms with van der Waals surface area (Å²) in [4.78, 5) is 0. The Labute approximate surface area is 112 Å². The van der Waals surface area contributed by atoms with Crippen molar-refractivity contribution >= 4 is 0 Å². The zero-order valence-electron chi connectivity index (χ0n) is 12.2. The van der Waals surface area contributed by atoms with E-state index in [4.69, 9.17) is 10.5 Å². The van der Waals surface area contributed by atoms with Crippen LogP contribution in [0.25, 0.3) is 0 Å². The van der Waals surface area contributed by atoms with Crippen LogP contribution in [0.1, 0.15) is 59.3 Å². The molecule has 2 aliphatic carbocycles. The van der Waals surface area contributed by atoms with Gasteiger partial charge < -0.3 is 15.8 Å². The van der Waals surface area contributed by atoms with Crippen LogP contribution in [0, 0.1) is 5.41 Å². The molecule has 0 radical (unpaired) electrons. The van der Waals surface area contributed by atoms with Crippen LogP contribution in [0.3, 0.4) is 0 Å². The van der Waals surface area contributed by atoms with Crippen LogP contribution in [0.4, 0.5) is 0 Å². The van der Waals surface area contributed by atoms with Gasteiger partial charge in [0.05, 0.1) is 6.10 Å². The Hall–Kier alpha value is -0.120. The lowest BCUT2D eigenvalue weighted by Crippen LogP contribution is -2.64. The minimum atomic E-state index is 0.329. The van der Waals surface area contributed by atoms with Crippen molar-refractivity contribution in [3.8, 4) is 0 Å². The fourth-order valence-electron chi connectivity index (χ4n) is 3.58. The predicted molar refractivity (Wildman–Crippen MR) is 75.6 cm³/mol. The largest absolute Gasteiger partial charge is 0.378 e. The zero-order valence-corrected chi connectivity index (χ0v) is 12.2. The Kier molecular flexibility index (Phi) is 4.68. The van der Waals surface area contributed by atoms with E-state index in [0.29, 0.717) is 29.6 Å². The molecule has 2 rings (SSSR count). The molecule has 3 N–H and O–H groups in total. The van der Waals surface area contributed by atoms with E-state index >= 15 is 0 Å². The average molecular weight is 254 g/mol. The third kappa shape index (κ3) is 2.73. The molecule has 0 spiro atoms. The fourth-order valence-corrected chi connectivity index (χ4v) is 3.58. The van der Waals surface area contributed by atoms with Crippen LogP contribution in [-0.4, -0.2) is 30.8 Å². The highest BCUT2D eigenvalue weighted by Gasteiger charge is 2.51. The molecule has 3 atom stereocenters. The molecular formula is C15H30N2O. The summed E-state index contributed by atoms with van der Waals surface area (Å²) in [5, 5.41) is 3.87. The summed E-state index contributed by atoms with van der Waals surface area (Å²) in [7, 11) is 0. The van der Waals surface area contributed by atoms with Crippen molar-refractivity contribution in [2.75, 3.05) is 6.61 Å². The summed E-state index contributed by atoms with van der Waals surface area (Å²) in [6.07, 6.45) is 7.69. The van der Waals surface area contributed by atoms with E-state index < -0.39 is 0 Å². The molecule has 0 aromatic carbocycles. The van der Waals surface area contributed by atoms with Gasteiger partial charge in [0.1, 0.15) is 0 Å². The molecule has 0 saturated heterocycles. The number of hydrogen-bond acceptors (Lipinski definition) is 3. The first-order valence-electron chi connectivity index (χ1n) is 7.73. The molecule has 0 aromatic heterocycles. The van der Waals surface area contributed by atoms with E-state index in [2.05, 4.69) is 26.1 Å². The van der Waals surface area contributed by atoms with Gasteiger partial charge in [-0.3, -0.25) is 0 Å². The van der Waals surface area contributed by atoms with Crippen LogP contribution in [-0.2, 0) is 4.74 Å². The highest BCUT2D eigenvalue weighted by molar-refractivity contribution is 5.05. The Morgan fingerprint density at radius 3 is 2.44 bits per heavy atom. The van der Waals surface area contributed by atoms with Crippen LogP contribution in [0.15, 0.2) is 0 Å². The molecule has 18 heavy (non-hydrogen) atoms. The molecule has 0 aliphatic heterocycles. The van der Waals surface area contributed by atoms with Gasteiger partial charge in [-0.1, -0.05) is 13.8 Å². The topological polar surface area (TPSA) is 47.3 Å². The van der Waals surface area contributed by atoms with Gasteiger partial charge >= 0.3 is 0 Å². The van der Waals surface area contributed by atoms with Crippen molar-refractivity contribution in [1.29, 1.82) is 0 Å². The number of ether oxygens (including phenoxy) is 1. The first kappa shape index (κ1) is 14.3. The molecule has 0 aromatic rings. The molecule has 2 fully saturated rings. The maximum Gasteiger partial charge on any atom is 0.0658 e. The highest BCUT2D eigenvalue weighted by atomic mass is 16.5. The fraction of sp³-hybridized carbons (Fsp3) is 1.00. The normalized spacial score (nSPS) is 44.7. The third-order valence-electron chi connectivity index (χ3n) is 5.32. The second-order valence-electron chi connectivity index (χ2n) is 6.37. The summed E-state index contributed by atoms with van der Waals surface area (Å²) >= 11 is 0. The zero-order chi connectivity index (χ0) is 13.2. The number of rotatable bonds is 5. The van der Waals surface area contributed by atoms with Crippen LogP contribution >= 0.6 is 0 Å². The molecule has 2 saturated carbocycles. The molecule has 0 bridgehead atoms. The molecule has 2 aliphatic rings. The van der Waals surface area contributed by atoms with Crippen molar-refractivity contribution in [2.45, 2.75) is 83.5 Å². The van der Waals surface area contributed by atoms with E-state index in [-0.39, 0.29) is 0 Å². The van der Waals surface area contributed by atoms with Gasteiger partial charge in [0.15, 0.2) is 0 Å². The van der Waals surface area contributed by atoms with Crippen molar-refractivity contribution in [3.63, 3.8) is 0 Å². The van der Waals surface area contributed by atoms with Gasteiger partial charge in [-0.15, -0.1) is 0 Å². The van der Waals surface area contributed by atoms with E-state index in [0.717, 1.165) is 6.61 Å². The monoisotopic (exact) mass is 254 g/mol. The number of hydrogen-bond donors (Lipinski definition) is 2. The Morgan fingerprint density at radius 1 is 1.22 bits per heavy atom. The maximum absolute atomic E-state index is 5.97. The Bertz CT molecular complexity index is 263. The lowest BCUT2D eigenvalue weighted by atomic mass is 9.61. The predicted octanol–water partition coefficient (Wildman–Crippen LogP) is 2.44. The van der Waals surface area contributed by atoms with Crippen LogP contribution < -0.4 is 11.1 Å². The van der Waals surface area contributed by atoms with Gasteiger partial charge in [0, 0.05) is 30.1 Å². The lowest BCUT2D eigenvalue weighted by Gasteiger charge is -2.55. The molecule has 3 unspecified atom stereocenters. The van der Waals surface area contributed by atoms with Gasteiger partial charge in [0.25, 0.3) is 0 Å². The SMILES string of the molecule is CCOC1CC(NC2CCC(N)CC2)C1(C)CC. The lowest BCUT2D eigenvalue weighted by molar-refractivity contribution is -0.128. The summed E-state index contributed by atoms with van der Waals surface area (Å²) in [5.41, 5.74) is 6.30. The second kappa shape index (κ2) is 5.89. The van der Waals surface area contributed by atoms with Crippen LogP contribution in [0.5, 0.6) is 0 Å². The van der Waals surface area contributed by atoms with Crippen molar-refractivity contribution in [3.05, 3.63) is 0 Å². The number of nitrogens with one attached hydrogen (secondary N) is 1. The third-order valence-corrected chi connectivity index (χ3v) is 5.32. The van der Waals surface area contributed by atoms with E-state index in [1.165, 1.54) is 38.5 Å². The summed E-state index contributed by atoms with van der Waals surface area (Å²) in [5.74, 6) is 0. The standard InChI is InChI=1S/C15H30N2O/c1-4-15(3)13(10-14(15)18-5-2)17-12-8-6-11(16)7-9-12/h11-14,17H,4-10,16H2,1-3H3. The molecule has 0 amide bonds. The van der Waals surface area contributed by atoms with Gasteiger partial charge in [-0.25, -0.2) is 0 Å². The van der Waals surface area contributed by atoms with E-state index in [1.807, 2.05) is 0 Å². The van der Waals surface area contributed by atoms with Crippen molar-refractivity contribution in [1.82, 2.24) is 5.32 Å². The smallest absolute Gasteiger partial charge is 0.0658 e. The molecule has 3 nitrogen and oxygen atoms in total. The first-order valence-corrected chi connectivity index (χ1v) is 7.73. The average Bonchev–Trinajstić information content (AvgIpc) is 2.39. The van der Waals surface area contributed by atoms with Gasteiger partial charge in [-0.2, -0.15) is 0 Å². The van der Waals surface area contributed by atoms with Crippen LogP contribution in [0.2, 0.25) is 0 Å². The van der Waals surface area contributed by atoms with Crippen molar-refractivity contribution < 1.29 is 4.74 Å². The number of nitrogens with two attached hydrogens (primary N) is 1. The summed E-state index contributed by atoms with van der Waals surface area (Å²) in [6.45, 7) is 7.60. The van der Waals surface area contributed by atoms with E-state index in [9.17, 15) is 0 Å². The summed E-state index contributed by atoms with van der Waals surface area (Å²) in [6, 6.07) is 1.76. The quantitative estimate of drug-likeness (QED) is 0.792.